The van der Waals surface area contributed by atoms with Crippen molar-refractivity contribution in [3.05, 3.63) is 70.1 Å². The summed E-state index contributed by atoms with van der Waals surface area (Å²) in [5.74, 6) is -1.87. The summed E-state index contributed by atoms with van der Waals surface area (Å²) in [6.07, 6.45) is 0. The lowest BCUT2D eigenvalue weighted by Gasteiger charge is -2.09. The molecule has 25 heavy (non-hydrogen) atoms. The number of halogens is 3. The molecule has 2 heterocycles. The normalized spacial score (nSPS) is 10.8. The van der Waals surface area contributed by atoms with Crippen LogP contribution in [-0.4, -0.2) is 20.7 Å². The second kappa shape index (κ2) is 6.60. The van der Waals surface area contributed by atoms with E-state index in [2.05, 4.69) is 15.4 Å². The van der Waals surface area contributed by atoms with E-state index < -0.39 is 17.5 Å². The summed E-state index contributed by atoms with van der Waals surface area (Å²) in [6, 6.07) is 7.72. The van der Waals surface area contributed by atoms with Crippen molar-refractivity contribution >= 4 is 23.2 Å². The van der Waals surface area contributed by atoms with Crippen LogP contribution < -0.4 is 5.32 Å². The van der Waals surface area contributed by atoms with Crippen LogP contribution in [0.1, 0.15) is 21.9 Å². The molecule has 1 amide bonds. The first-order chi connectivity index (χ1) is 11.8. The number of pyridine rings is 1. The number of rotatable bonds is 3. The molecule has 5 nitrogen and oxygen atoms in total. The molecule has 1 aromatic carbocycles. The molecule has 0 spiro atoms. The first kappa shape index (κ1) is 17.0. The minimum absolute atomic E-state index is 0.0307. The minimum atomic E-state index is -0.800. The molecule has 0 saturated heterocycles. The average molecular weight is 363 g/mol. The Morgan fingerprint density at radius 2 is 1.80 bits per heavy atom. The van der Waals surface area contributed by atoms with Crippen molar-refractivity contribution in [2.45, 2.75) is 13.8 Å². The number of nitrogens with one attached hydrogen (secondary N) is 1. The third-order valence-electron chi connectivity index (χ3n) is 3.39. The third kappa shape index (κ3) is 3.66. The molecule has 2 aromatic heterocycles. The molecular weight excluding hydrogens is 350 g/mol. The van der Waals surface area contributed by atoms with Crippen LogP contribution in [0.3, 0.4) is 0 Å². The van der Waals surface area contributed by atoms with E-state index in [1.807, 2.05) is 19.9 Å². The number of carbonyl (C=O) groups excluding carboxylic acids is 1. The van der Waals surface area contributed by atoms with E-state index in [0.717, 1.165) is 23.5 Å². The molecule has 1 N–H and O–H groups in total. The summed E-state index contributed by atoms with van der Waals surface area (Å²) in [6.45, 7) is 3.69. The van der Waals surface area contributed by atoms with Crippen molar-refractivity contribution in [1.82, 2.24) is 14.8 Å². The monoisotopic (exact) mass is 362 g/mol. The zero-order chi connectivity index (χ0) is 18.1. The molecule has 0 bridgehead atoms. The van der Waals surface area contributed by atoms with E-state index in [4.69, 9.17) is 11.6 Å². The Morgan fingerprint density at radius 3 is 2.40 bits per heavy atom. The molecule has 0 unspecified atom stereocenters. The van der Waals surface area contributed by atoms with Crippen LogP contribution in [0.4, 0.5) is 14.5 Å². The van der Waals surface area contributed by atoms with Gasteiger partial charge in [0.05, 0.1) is 10.7 Å². The topological polar surface area (TPSA) is 59.8 Å². The number of carbonyl (C=O) groups is 1. The van der Waals surface area contributed by atoms with E-state index >= 15 is 0 Å². The van der Waals surface area contributed by atoms with Crippen molar-refractivity contribution < 1.29 is 13.6 Å². The van der Waals surface area contributed by atoms with Crippen molar-refractivity contribution in [2.24, 2.45) is 0 Å². The third-order valence-corrected chi connectivity index (χ3v) is 3.70. The predicted octanol–water partition coefficient (Wildman–Crippen LogP) is 4.07. The van der Waals surface area contributed by atoms with Crippen LogP contribution in [0.5, 0.6) is 0 Å². The van der Waals surface area contributed by atoms with Crippen molar-refractivity contribution in [3.63, 3.8) is 0 Å². The van der Waals surface area contributed by atoms with Crippen molar-refractivity contribution in [3.8, 4) is 5.82 Å². The second-order valence-corrected chi connectivity index (χ2v) is 5.86. The van der Waals surface area contributed by atoms with Gasteiger partial charge in [0.15, 0.2) is 5.82 Å². The summed E-state index contributed by atoms with van der Waals surface area (Å²) >= 11 is 6.05. The Kier molecular flexibility index (Phi) is 4.50. The lowest BCUT2D eigenvalue weighted by atomic mass is 10.2. The number of nitrogens with zero attached hydrogens (tertiary/aromatic N) is 3. The van der Waals surface area contributed by atoms with E-state index in [9.17, 15) is 13.6 Å². The number of hydrogen-bond donors (Lipinski definition) is 1. The smallest absolute Gasteiger partial charge is 0.275 e. The Bertz CT molecular complexity index is 951. The Morgan fingerprint density at radius 1 is 1.12 bits per heavy atom. The summed E-state index contributed by atoms with van der Waals surface area (Å²) in [5, 5.41) is 6.79. The van der Waals surface area contributed by atoms with Gasteiger partial charge in [0.1, 0.15) is 17.3 Å². The van der Waals surface area contributed by atoms with Crippen LogP contribution >= 0.6 is 11.6 Å². The largest absolute Gasteiger partial charge is 0.320 e. The molecule has 0 atom stereocenters. The maximum Gasteiger partial charge on any atom is 0.275 e. The van der Waals surface area contributed by atoms with Gasteiger partial charge in [-0.15, -0.1) is 0 Å². The number of benzene rings is 1. The lowest BCUT2D eigenvalue weighted by Crippen LogP contribution is -2.16. The van der Waals surface area contributed by atoms with Gasteiger partial charge in [-0.2, -0.15) is 5.10 Å². The molecule has 3 aromatic rings. The van der Waals surface area contributed by atoms with Gasteiger partial charge in [0.2, 0.25) is 0 Å². The van der Waals surface area contributed by atoms with Gasteiger partial charge < -0.3 is 5.32 Å². The number of amides is 1. The highest BCUT2D eigenvalue weighted by Gasteiger charge is 2.16. The molecule has 0 fully saturated rings. The van der Waals surface area contributed by atoms with Crippen LogP contribution in [0, 0.1) is 25.5 Å². The number of anilines is 1. The molecule has 8 heteroatoms. The highest BCUT2D eigenvalue weighted by Crippen LogP contribution is 2.20. The zero-order valence-electron chi connectivity index (χ0n) is 13.3. The van der Waals surface area contributed by atoms with Gasteiger partial charge in [0.25, 0.3) is 5.91 Å². The Balaban J connectivity index is 1.94. The number of hydrogen-bond acceptors (Lipinski definition) is 3. The molecule has 3 rings (SSSR count). The molecule has 0 aliphatic rings. The van der Waals surface area contributed by atoms with E-state index in [1.54, 1.807) is 10.7 Å². The van der Waals surface area contributed by atoms with Gasteiger partial charge in [-0.3, -0.25) is 4.79 Å². The van der Waals surface area contributed by atoms with Crippen LogP contribution in [0.25, 0.3) is 5.82 Å². The summed E-state index contributed by atoms with van der Waals surface area (Å²) in [5.41, 5.74) is 1.54. The van der Waals surface area contributed by atoms with Crippen LogP contribution in [0.15, 0.2) is 36.4 Å². The first-order valence-electron chi connectivity index (χ1n) is 7.31. The van der Waals surface area contributed by atoms with Gasteiger partial charge in [-0.05, 0) is 44.2 Å². The van der Waals surface area contributed by atoms with Gasteiger partial charge >= 0.3 is 0 Å². The first-order valence-corrected chi connectivity index (χ1v) is 7.69. The Hall–Kier alpha value is -2.80. The quantitative estimate of drug-likeness (QED) is 0.764. The fraction of sp³-hybridized carbons (Fsp3) is 0.118. The molecule has 0 saturated carbocycles. The molecular formula is C17H13ClF2N4O. The van der Waals surface area contributed by atoms with E-state index in [0.29, 0.717) is 11.9 Å². The minimum Gasteiger partial charge on any atom is -0.320 e. The standard InChI is InChI=1S/C17H13ClF2N4O/c1-9-5-10(2)24(23-9)15-4-3-14(18)16(22-15)17(25)21-13-7-11(19)6-12(20)8-13/h3-8H,1-2H3,(H,21,25). The zero-order valence-corrected chi connectivity index (χ0v) is 14.1. The summed E-state index contributed by atoms with van der Waals surface area (Å²) in [7, 11) is 0. The van der Waals surface area contributed by atoms with Crippen LogP contribution in [-0.2, 0) is 0 Å². The highest BCUT2D eigenvalue weighted by atomic mass is 35.5. The fourth-order valence-corrected chi connectivity index (χ4v) is 2.58. The lowest BCUT2D eigenvalue weighted by molar-refractivity contribution is 0.102. The van der Waals surface area contributed by atoms with Crippen molar-refractivity contribution in [2.75, 3.05) is 5.32 Å². The second-order valence-electron chi connectivity index (χ2n) is 5.45. The molecule has 0 radical (unpaired) electrons. The van der Waals surface area contributed by atoms with Gasteiger partial charge in [-0.25, -0.2) is 18.4 Å². The fourth-order valence-electron chi connectivity index (χ4n) is 2.39. The molecule has 128 valence electrons. The molecule has 0 aliphatic carbocycles. The maximum atomic E-state index is 13.2. The highest BCUT2D eigenvalue weighted by molar-refractivity contribution is 6.34. The summed E-state index contributed by atoms with van der Waals surface area (Å²) < 4.78 is 28.1. The summed E-state index contributed by atoms with van der Waals surface area (Å²) in [4.78, 5) is 16.6. The van der Waals surface area contributed by atoms with E-state index in [-0.39, 0.29) is 16.4 Å². The number of aryl methyl sites for hydroxylation is 2. The predicted molar refractivity (Wildman–Crippen MR) is 90.2 cm³/mol. The average Bonchev–Trinajstić information content (AvgIpc) is 2.85. The van der Waals surface area contributed by atoms with Gasteiger partial charge in [0, 0.05) is 17.4 Å². The SMILES string of the molecule is Cc1cc(C)n(-c2ccc(Cl)c(C(=O)Nc3cc(F)cc(F)c3)n2)n1. The molecule has 0 aliphatic heterocycles. The van der Waals surface area contributed by atoms with E-state index in [1.165, 1.54) is 6.07 Å². The maximum absolute atomic E-state index is 13.2. The van der Waals surface area contributed by atoms with Gasteiger partial charge in [-0.1, -0.05) is 11.6 Å². The number of aromatic nitrogens is 3. The van der Waals surface area contributed by atoms with Crippen molar-refractivity contribution in [1.29, 1.82) is 0 Å². The Labute approximate surface area is 147 Å². The van der Waals surface area contributed by atoms with Crippen LogP contribution in [0.2, 0.25) is 5.02 Å².